The lowest BCUT2D eigenvalue weighted by atomic mass is 10.1. The Morgan fingerprint density at radius 1 is 0.857 bits per heavy atom. The summed E-state index contributed by atoms with van der Waals surface area (Å²) in [6.45, 7) is 0. The molecule has 0 fully saturated rings. The second-order valence-corrected chi connectivity index (χ2v) is 3.02. The van der Waals surface area contributed by atoms with Crippen molar-refractivity contribution in [3.05, 3.63) is 33.1 Å². The highest BCUT2D eigenvalue weighted by Gasteiger charge is 2.23. The molecule has 0 aliphatic carbocycles. The van der Waals surface area contributed by atoms with Gasteiger partial charge in [0.05, 0.1) is 4.47 Å². The first-order valence-corrected chi connectivity index (χ1v) is 4.00. The summed E-state index contributed by atoms with van der Waals surface area (Å²) >= 11 is 2.56. The first kappa shape index (κ1) is 10.6. The van der Waals surface area contributed by atoms with Crippen molar-refractivity contribution in [2.45, 2.75) is 0 Å². The Morgan fingerprint density at radius 3 is 1.71 bits per heavy atom. The quantitative estimate of drug-likeness (QED) is 0.674. The molecule has 0 radical (unpaired) electrons. The van der Waals surface area contributed by atoms with Gasteiger partial charge in [-0.15, -0.1) is 0 Å². The van der Waals surface area contributed by atoms with Gasteiger partial charge in [-0.05, 0) is 15.9 Å². The Balaban J connectivity index is 3.77. The van der Waals surface area contributed by atoms with Gasteiger partial charge in [-0.25, -0.2) is 13.2 Å². The van der Waals surface area contributed by atoms with E-state index in [1.54, 1.807) is 0 Å². The lowest BCUT2D eigenvalue weighted by molar-refractivity contribution is 0.486. The highest BCUT2D eigenvalue weighted by atomic mass is 79.9. The molecule has 1 rings (SSSR count). The first-order valence-electron chi connectivity index (χ1n) is 3.20. The van der Waals surface area contributed by atoms with E-state index in [4.69, 9.17) is 10.5 Å². The second-order valence-electron chi connectivity index (χ2n) is 2.23. The van der Waals surface area contributed by atoms with Crippen LogP contribution in [-0.2, 0) is 0 Å². The maximum atomic E-state index is 13.1. The van der Waals surface area contributed by atoms with Crippen LogP contribution in [0.15, 0.2) is 4.47 Å². The van der Waals surface area contributed by atoms with Crippen molar-refractivity contribution in [2.75, 3.05) is 0 Å². The summed E-state index contributed by atoms with van der Waals surface area (Å²) in [4.78, 5) is 0. The number of nitriles is 2. The van der Waals surface area contributed by atoms with Gasteiger partial charge in [0.1, 0.15) is 23.3 Å². The third kappa shape index (κ3) is 1.34. The van der Waals surface area contributed by atoms with Gasteiger partial charge in [-0.3, -0.25) is 0 Å². The van der Waals surface area contributed by atoms with Crippen LogP contribution < -0.4 is 0 Å². The van der Waals surface area contributed by atoms with Crippen molar-refractivity contribution >= 4 is 15.9 Å². The fraction of sp³-hybridized carbons (Fsp3) is 0. The average molecular weight is 261 g/mol. The SMILES string of the molecule is N#Cc1c(F)c(F)c(C#N)c(Br)c1F. The zero-order valence-corrected chi connectivity index (χ0v) is 7.99. The first-order chi connectivity index (χ1) is 6.54. The Bertz CT molecular complexity index is 411. The van der Waals surface area contributed by atoms with Crippen LogP contribution in [0.4, 0.5) is 13.2 Å². The summed E-state index contributed by atoms with van der Waals surface area (Å²) in [6.07, 6.45) is 0. The molecule has 0 amide bonds. The van der Waals surface area contributed by atoms with E-state index in [-0.39, 0.29) is 0 Å². The fourth-order valence-electron chi connectivity index (χ4n) is 0.828. The fourth-order valence-corrected chi connectivity index (χ4v) is 1.29. The van der Waals surface area contributed by atoms with E-state index in [0.29, 0.717) is 0 Å². The largest absolute Gasteiger partial charge is 0.204 e. The van der Waals surface area contributed by atoms with Crippen molar-refractivity contribution in [1.82, 2.24) is 0 Å². The van der Waals surface area contributed by atoms with Crippen molar-refractivity contribution in [3.8, 4) is 12.1 Å². The summed E-state index contributed by atoms with van der Waals surface area (Å²) < 4.78 is 38.3. The zero-order valence-electron chi connectivity index (χ0n) is 6.41. The molecule has 1 aromatic carbocycles. The standard InChI is InChI=1S/C8BrF3N2/c9-5-3(1-13)7(11)8(12)4(2-14)6(5)10. The molecule has 0 spiro atoms. The summed E-state index contributed by atoms with van der Waals surface area (Å²) in [5, 5.41) is 16.7. The molecule has 6 heteroatoms. The van der Waals surface area contributed by atoms with E-state index in [9.17, 15) is 13.2 Å². The zero-order chi connectivity index (χ0) is 10.9. The van der Waals surface area contributed by atoms with Crippen LogP contribution >= 0.6 is 15.9 Å². The molecule has 0 aliphatic rings. The lowest BCUT2D eigenvalue weighted by Gasteiger charge is -2.02. The molecule has 70 valence electrons. The van der Waals surface area contributed by atoms with Gasteiger partial charge >= 0.3 is 0 Å². The molecule has 0 aromatic heterocycles. The van der Waals surface area contributed by atoms with Gasteiger partial charge in [0.2, 0.25) is 0 Å². The molecule has 0 unspecified atom stereocenters. The molecule has 1 aromatic rings. The Hall–Kier alpha value is -1.53. The molecule has 2 nitrogen and oxygen atoms in total. The van der Waals surface area contributed by atoms with Crippen LogP contribution in [0.25, 0.3) is 0 Å². The maximum absolute atomic E-state index is 13.1. The minimum absolute atomic E-state index is 0.546. The number of halogens is 4. The van der Waals surface area contributed by atoms with Crippen LogP contribution in [-0.4, -0.2) is 0 Å². The minimum atomic E-state index is -1.65. The predicted molar refractivity (Wildman–Crippen MR) is 43.4 cm³/mol. The highest BCUT2D eigenvalue weighted by Crippen LogP contribution is 2.28. The van der Waals surface area contributed by atoms with E-state index in [1.807, 2.05) is 0 Å². The molecule has 14 heavy (non-hydrogen) atoms. The number of benzene rings is 1. The molecule has 0 heterocycles. The molecular formula is C8BrF3N2. The van der Waals surface area contributed by atoms with Gasteiger partial charge < -0.3 is 0 Å². The van der Waals surface area contributed by atoms with E-state index >= 15 is 0 Å². The van der Waals surface area contributed by atoms with E-state index in [2.05, 4.69) is 15.9 Å². The Labute approximate surface area is 85.3 Å². The van der Waals surface area contributed by atoms with Crippen molar-refractivity contribution < 1.29 is 13.2 Å². The predicted octanol–water partition coefficient (Wildman–Crippen LogP) is 2.61. The van der Waals surface area contributed by atoms with Crippen LogP contribution in [0.5, 0.6) is 0 Å². The maximum Gasteiger partial charge on any atom is 0.181 e. The normalized spacial score (nSPS) is 9.29. The minimum Gasteiger partial charge on any atom is -0.204 e. The van der Waals surface area contributed by atoms with Gasteiger partial charge in [0.25, 0.3) is 0 Å². The van der Waals surface area contributed by atoms with E-state index in [1.165, 1.54) is 12.1 Å². The molecule has 0 aliphatic heterocycles. The monoisotopic (exact) mass is 260 g/mol. The van der Waals surface area contributed by atoms with E-state index in [0.717, 1.165) is 0 Å². The van der Waals surface area contributed by atoms with Gasteiger partial charge in [-0.1, -0.05) is 0 Å². The summed E-state index contributed by atoms with van der Waals surface area (Å²) in [5.74, 6) is -4.45. The summed E-state index contributed by atoms with van der Waals surface area (Å²) in [5.41, 5.74) is -1.84. The smallest absolute Gasteiger partial charge is 0.181 e. The van der Waals surface area contributed by atoms with Crippen molar-refractivity contribution in [2.24, 2.45) is 0 Å². The van der Waals surface area contributed by atoms with Crippen LogP contribution in [0, 0.1) is 40.1 Å². The third-order valence-electron chi connectivity index (χ3n) is 1.49. The van der Waals surface area contributed by atoms with E-state index < -0.39 is 33.1 Å². The molecule has 0 saturated carbocycles. The second kappa shape index (κ2) is 3.69. The molecule has 0 saturated heterocycles. The van der Waals surface area contributed by atoms with Crippen molar-refractivity contribution in [3.63, 3.8) is 0 Å². The van der Waals surface area contributed by atoms with Crippen LogP contribution in [0.3, 0.4) is 0 Å². The summed E-state index contributed by atoms with van der Waals surface area (Å²) in [6, 6.07) is 2.45. The number of hydrogen-bond donors (Lipinski definition) is 0. The average Bonchev–Trinajstić information content (AvgIpc) is 2.17. The van der Waals surface area contributed by atoms with Gasteiger partial charge in [0, 0.05) is 0 Å². The summed E-state index contributed by atoms with van der Waals surface area (Å²) in [7, 11) is 0. The Morgan fingerprint density at radius 2 is 1.29 bits per heavy atom. The molecular weight excluding hydrogens is 261 g/mol. The Kier molecular flexibility index (Phi) is 2.78. The van der Waals surface area contributed by atoms with Gasteiger partial charge in [-0.2, -0.15) is 10.5 Å². The van der Waals surface area contributed by atoms with Crippen LogP contribution in [0.2, 0.25) is 0 Å². The number of nitrogens with zero attached hydrogens (tertiary/aromatic N) is 2. The topological polar surface area (TPSA) is 47.6 Å². The number of hydrogen-bond acceptors (Lipinski definition) is 2. The van der Waals surface area contributed by atoms with Crippen LogP contribution in [0.1, 0.15) is 11.1 Å². The lowest BCUT2D eigenvalue weighted by Crippen LogP contribution is -2.00. The molecule has 0 N–H and O–H groups in total. The van der Waals surface area contributed by atoms with Gasteiger partial charge in [0.15, 0.2) is 17.5 Å². The van der Waals surface area contributed by atoms with Crippen molar-refractivity contribution in [1.29, 1.82) is 10.5 Å². The molecule has 0 bridgehead atoms. The third-order valence-corrected chi connectivity index (χ3v) is 2.23. The highest BCUT2D eigenvalue weighted by molar-refractivity contribution is 9.10. The number of rotatable bonds is 0. The molecule has 0 atom stereocenters.